The first-order valence-electron chi connectivity index (χ1n) is 10.3. The van der Waals surface area contributed by atoms with Crippen LogP contribution in [0.2, 0.25) is 0 Å². The zero-order chi connectivity index (χ0) is 21.3. The van der Waals surface area contributed by atoms with E-state index in [0.717, 1.165) is 23.2 Å². The average Bonchev–Trinajstić information content (AvgIpc) is 2.77. The predicted octanol–water partition coefficient (Wildman–Crippen LogP) is 3.24. The smallest absolute Gasteiger partial charge is 0.251 e. The van der Waals surface area contributed by atoms with Gasteiger partial charge in [0.2, 0.25) is 5.91 Å². The Morgan fingerprint density at radius 1 is 1.13 bits per heavy atom. The Morgan fingerprint density at radius 3 is 2.71 bits per heavy atom. The van der Waals surface area contributed by atoms with Gasteiger partial charge in [0, 0.05) is 50.3 Å². The molecule has 0 bridgehead atoms. The number of guanidine groups is 1. The highest BCUT2D eigenvalue weighted by Gasteiger charge is 2.24. The lowest BCUT2D eigenvalue weighted by Crippen LogP contribution is -2.40. The molecule has 31 heavy (non-hydrogen) atoms. The molecule has 4 N–H and O–H groups in total. The van der Waals surface area contributed by atoms with Crippen LogP contribution in [-0.2, 0) is 11.3 Å². The molecular weight excluding hydrogens is 505 g/mol. The number of anilines is 1. The second-order valence-electron chi connectivity index (χ2n) is 7.30. The van der Waals surface area contributed by atoms with E-state index in [1.54, 1.807) is 7.05 Å². The number of hydrogen-bond donors (Lipinski definition) is 4. The molecule has 166 valence electrons. The molecule has 2 aromatic carbocycles. The van der Waals surface area contributed by atoms with Gasteiger partial charge in [-0.25, -0.2) is 0 Å². The third-order valence-corrected chi connectivity index (χ3v) is 5.03. The fraction of sp³-hybridized carbons (Fsp3) is 0.348. The number of halogens is 1. The molecule has 7 nitrogen and oxygen atoms in total. The molecule has 1 atom stereocenters. The van der Waals surface area contributed by atoms with E-state index >= 15 is 0 Å². The van der Waals surface area contributed by atoms with Crippen molar-refractivity contribution in [3.05, 3.63) is 65.2 Å². The lowest BCUT2D eigenvalue weighted by Gasteiger charge is -2.26. The number of rotatable bonds is 7. The van der Waals surface area contributed by atoms with Crippen LogP contribution in [0.3, 0.4) is 0 Å². The molecule has 3 rings (SSSR count). The Balaban J connectivity index is 0.00000341. The first-order valence-corrected chi connectivity index (χ1v) is 10.3. The predicted molar refractivity (Wildman–Crippen MR) is 135 cm³/mol. The fourth-order valence-electron chi connectivity index (χ4n) is 3.47. The van der Waals surface area contributed by atoms with Gasteiger partial charge < -0.3 is 21.3 Å². The Hall–Kier alpha value is -2.62. The molecule has 0 saturated heterocycles. The number of para-hydroxylation sites is 1. The van der Waals surface area contributed by atoms with Crippen LogP contribution < -0.4 is 21.3 Å². The van der Waals surface area contributed by atoms with Crippen LogP contribution in [-0.4, -0.2) is 37.9 Å². The number of carbonyl (C=O) groups excluding carboxylic acids is 2. The summed E-state index contributed by atoms with van der Waals surface area (Å²) in [4.78, 5) is 28.4. The van der Waals surface area contributed by atoms with Crippen molar-refractivity contribution >= 4 is 47.4 Å². The molecule has 0 radical (unpaired) electrons. The van der Waals surface area contributed by atoms with Gasteiger partial charge in [0.05, 0.1) is 0 Å². The maximum absolute atomic E-state index is 12.2. The van der Waals surface area contributed by atoms with Gasteiger partial charge in [0.1, 0.15) is 0 Å². The molecule has 0 aliphatic carbocycles. The van der Waals surface area contributed by atoms with Crippen LogP contribution in [0.4, 0.5) is 5.69 Å². The molecule has 2 aromatic rings. The van der Waals surface area contributed by atoms with E-state index in [4.69, 9.17) is 0 Å². The molecule has 2 amide bonds. The van der Waals surface area contributed by atoms with Crippen molar-refractivity contribution in [1.82, 2.24) is 16.0 Å². The minimum atomic E-state index is -0.0598. The van der Waals surface area contributed by atoms with Crippen LogP contribution in [0.5, 0.6) is 0 Å². The van der Waals surface area contributed by atoms with Gasteiger partial charge in [-0.3, -0.25) is 14.6 Å². The van der Waals surface area contributed by atoms with Gasteiger partial charge in [0.25, 0.3) is 5.91 Å². The van der Waals surface area contributed by atoms with Crippen LogP contribution >= 0.6 is 24.0 Å². The van der Waals surface area contributed by atoms with E-state index in [-0.39, 0.29) is 41.7 Å². The van der Waals surface area contributed by atoms with E-state index in [1.165, 1.54) is 0 Å². The summed E-state index contributed by atoms with van der Waals surface area (Å²) in [6.45, 7) is 3.83. The number of benzene rings is 2. The van der Waals surface area contributed by atoms with Crippen molar-refractivity contribution in [3.63, 3.8) is 0 Å². The highest BCUT2D eigenvalue weighted by Crippen LogP contribution is 2.31. The van der Waals surface area contributed by atoms with Gasteiger partial charge in [-0.1, -0.05) is 37.3 Å². The SMILES string of the molecule is CCCNC(=O)c1cccc(CNC(=NC)NCC2CC(=O)Nc3ccccc32)c1.I. The van der Waals surface area contributed by atoms with Crippen LogP contribution in [0, 0.1) is 0 Å². The Morgan fingerprint density at radius 2 is 1.94 bits per heavy atom. The fourth-order valence-corrected chi connectivity index (χ4v) is 3.47. The normalized spacial score (nSPS) is 15.2. The first kappa shape index (κ1) is 24.6. The zero-order valence-corrected chi connectivity index (χ0v) is 20.2. The zero-order valence-electron chi connectivity index (χ0n) is 17.9. The van der Waals surface area contributed by atoms with Crippen LogP contribution in [0.15, 0.2) is 53.5 Å². The van der Waals surface area contributed by atoms with Crippen molar-refractivity contribution in [3.8, 4) is 0 Å². The number of fused-ring (bicyclic) bond motifs is 1. The second kappa shape index (κ2) is 12.3. The minimum absolute atomic E-state index is 0. The van der Waals surface area contributed by atoms with Crippen molar-refractivity contribution in [2.45, 2.75) is 32.2 Å². The monoisotopic (exact) mass is 535 g/mol. The van der Waals surface area contributed by atoms with Gasteiger partial charge in [-0.2, -0.15) is 0 Å². The quantitative estimate of drug-likeness (QED) is 0.249. The maximum atomic E-state index is 12.2. The third kappa shape index (κ3) is 6.95. The number of carbonyl (C=O) groups is 2. The summed E-state index contributed by atoms with van der Waals surface area (Å²) in [5, 5.41) is 12.4. The molecule has 8 heteroatoms. The van der Waals surface area contributed by atoms with Gasteiger partial charge in [-0.05, 0) is 35.7 Å². The average molecular weight is 535 g/mol. The summed E-state index contributed by atoms with van der Waals surface area (Å²) in [6.07, 6.45) is 1.35. The molecule has 0 spiro atoms. The largest absolute Gasteiger partial charge is 0.356 e. The molecule has 0 saturated carbocycles. The van der Waals surface area contributed by atoms with E-state index in [9.17, 15) is 9.59 Å². The Labute approximate surface area is 200 Å². The summed E-state index contributed by atoms with van der Waals surface area (Å²) < 4.78 is 0. The molecule has 0 aromatic heterocycles. The number of hydrogen-bond acceptors (Lipinski definition) is 3. The van der Waals surface area contributed by atoms with Crippen molar-refractivity contribution in [1.29, 1.82) is 0 Å². The molecule has 1 heterocycles. The van der Waals surface area contributed by atoms with E-state index in [2.05, 4.69) is 26.3 Å². The highest BCUT2D eigenvalue weighted by atomic mass is 127. The van der Waals surface area contributed by atoms with Crippen molar-refractivity contribution < 1.29 is 9.59 Å². The summed E-state index contributed by atoms with van der Waals surface area (Å²) in [5.74, 6) is 0.704. The molecule has 1 unspecified atom stereocenters. The number of nitrogens with one attached hydrogen (secondary N) is 4. The van der Waals surface area contributed by atoms with Crippen molar-refractivity contribution in [2.75, 3.05) is 25.5 Å². The minimum Gasteiger partial charge on any atom is -0.356 e. The Bertz CT molecular complexity index is 932. The van der Waals surface area contributed by atoms with Crippen LogP contribution in [0.1, 0.15) is 47.2 Å². The van der Waals surface area contributed by atoms with E-state index in [1.807, 2.05) is 55.5 Å². The summed E-state index contributed by atoms with van der Waals surface area (Å²) >= 11 is 0. The standard InChI is InChI=1S/C23H29N5O2.HI/c1-3-11-25-22(30)17-8-6-7-16(12-17)14-26-23(24-2)27-15-18-13-21(29)28-20-10-5-4-9-19(18)20;/h4-10,12,18H,3,11,13-15H2,1-2H3,(H,25,30)(H,28,29)(H2,24,26,27);1H. The lowest BCUT2D eigenvalue weighted by molar-refractivity contribution is -0.116. The molecule has 1 aliphatic rings. The van der Waals surface area contributed by atoms with Gasteiger partial charge >= 0.3 is 0 Å². The third-order valence-electron chi connectivity index (χ3n) is 5.03. The second-order valence-corrected chi connectivity index (χ2v) is 7.30. The van der Waals surface area contributed by atoms with Crippen LogP contribution in [0.25, 0.3) is 0 Å². The maximum Gasteiger partial charge on any atom is 0.251 e. The number of nitrogens with zero attached hydrogens (tertiary/aromatic N) is 1. The molecule has 0 fully saturated rings. The molecule has 1 aliphatic heterocycles. The van der Waals surface area contributed by atoms with E-state index < -0.39 is 0 Å². The topological polar surface area (TPSA) is 94.6 Å². The highest BCUT2D eigenvalue weighted by molar-refractivity contribution is 14.0. The summed E-state index contributed by atoms with van der Waals surface area (Å²) in [5.41, 5.74) is 3.65. The first-order chi connectivity index (χ1) is 14.6. The van der Waals surface area contributed by atoms with Gasteiger partial charge in [0.15, 0.2) is 5.96 Å². The Kier molecular flexibility index (Phi) is 9.77. The summed E-state index contributed by atoms with van der Waals surface area (Å²) in [6, 6.07) is 15.4. The molecular formula is C23H30IN5O2. The van der Waals surface area contributed by atoms with E-state index in [0.29, 0.717) is 37.6 Å². The number of aliphatic imine (C=N–C) groups is 1. The summed E-state index contributed by atoms with van der Waals surface area (Å²) in [7, 11) is 1.71. The lowest BCUT2D eigenvalue weighted by atomic mass is 9.90. The number of amides is 2. The van der Waals surface area contributed by atoms with Gasteiger partial charge in [-0.15, -0.1) is 24.0 Å². The van der Waals surface area contributed by atoms with Crippen molar-refractivity contribution in [2.24, 2.45) is 4.99 Å².